The van der Waals surface area contributed by atoms with Gasteiger partial charge in [-0.25, -0.2) is 19.6 Å². The van der Waals surface area contributed by atoms with Crippen LogP contribution in [0.2, 0.25) is 0 Å². The Labute approximate surface area is 130 Å². The Kier molecular flexibility index (Phi) is 3.48. The fourth-order valence-corrected chi connectivity index (χ4v) is 2.18. The first-order valence-electron chi connectivity index (χ1n) is 6.64. The van der Waals surface area contributed by atoms with Crippen molar-refractivity contribution in [2.45, 2.75) is 0 Å². The van der Waals surface area contributed by atoms with Gasteiger partial charge in [0.2, 0.25) is 0 Å². The third-order valence-corrected chi connectivity index (χ3v) is 3.22. The number of nitrogens with zero attached hydrogens (tertiary/aromatic N) is 4. The molecular formula is C12H12N8O4. The summed E-state index contributed by atoms with van der Waals surface area (Å²) in [6, 6.07) is 0. The third kappa shape index (κ3) is 2.55. The lowest BCUT2D eigenvalue weighted by atomic mass is 10.5. The number of imidazole rings is 2. The van der Waals surface area contributed by atoms with Gasteiger partial charge in [-0.3, -0.25) is 29.5 Å². The van der Waals surface area contributed by atoms with Crippen molar-refractivity contribution in [1.29, 1.82) is 0 Å². The van der Waals surface area contributed by atoms with E-state index in [9.17, 15) is 19.2 Å². The molecule has 4 aromatic heterocycles. The summed E-state index contributed by atoms with van der Waals surface area (Å²) < 4.78 is 3.09. The van der Waals surface area contributed by atoms with Gasteiger partial charge in [-0.1, -0.05) is 0 Å². The highest BCUT2D eigenvalue weighted by Crippen LogP contribution is 1.98. The van der Waals surface area contributed by atoms with E-state index in [2.05, 4.69) is 29.9 Å². The van der Waals surface area contributed by atoms with Crippen molar-refractivity contribution in [2.24, 2.45) is 14.1 Å². The Bertz CT molecular complexity index is 1160. The van der Waals surface area contributed by atoms with Crippen molar-refractivity contribution >= 4 is 22.3 Å². The molecule has 4 N–H and O–H groups in total. The molecule has 24 heavy (non-hydrogen) atoms. The average Bonchev–Trinajstić information content (AvgIpc) is 3.03. The number of aromatic amines is 4. The summed E-state index contributed by atoms with van der Waals surface area (Å²) in [5.41, 5.74) is -0.554. The van der Waals surface area contributed by atoms with Gasteiger partial charge in [0.15, 0.2) is 22.3 Å². The molecule has 4 heterocycles. The van der Waals surface area contributed by atoms with Gasteiger partial charge in [-0.05, 0) is 0 Å². The number of hydrogen-bond donors (Lipinski definition) is 4. The Morgan fingerprint density at radius 1 is 0.708 bits per heavy atom. The van der Waals surface area contributed by atoms with Gasteiger partial charge in [-0.15, -0.1) is 0 Å². The second-order valence-corrected chi connectivity index (χ2v) is 4.92. The molecule has 0 aromatic carbocycles. The van der Waals surface area contributed by atoms with E-state index in [-0.39, 0.29) is 0 Å². The lowest BCUT2D eigenvalue weighted by molar-refractivity contribution is 0.935. The van der Waals surface area contributed by atoms with Gasteiger partial charge in [0.05, 0.1) is 12.7 Å². The molecule has 0 aliphatic rings. The molecule has 0 amide bonds. The molecule has 0 saturated heterocycles. The van der Waals surface area contributed by atoms with Crippen LogP contribution in [0.15, 0.2) is 31.8 Å². The van der Waals surface area contributed by atoms with E-state index in [4.69, 9.17) is 0 Å². The molecule has 0 atom stereocenters. The minimum absolute atomic E-state index is 0.311. The molecular weight excluding hydrogens is 320 g/mol. The number of aryl methyl sites for hydroxylation is 2. The standard InChI is InChI=1S/2C6H6N4O2/c2*1-10-2-7-4-3(10)5(11)9-6(12)8-4/h2*2H,1H3,(H2,8,9,11,12). The second kappa shape index (κ2) is 5.49. The zero-order valence-electron chi connectivity index (χ0n) is 12.6. The van der Waals surface area contributed by atoms with Crippen LogP contribution >= 0.6 is 0 Å². The number of rotatable bonds is 0. The minimum Gasteiger partial charge on any atom is -0.328 e. The Balaban J connectivity index is 0.000000141. The van der Waals surface area contributed by atoms with Gasteiger partial charge >= 0.3 is 11.4 Å². The molecule has 12 heteroatoms. The Morgan fingerprint density at radius 2 is 1.08 bits per heavy atom. The van der Waals surface area contributed by atoms with Crippen LogP contribution in [0.4, 0.5) is 0 Å². The Morgan fingerprint density at radius 3 is 1.46 bits per heavy atom. The van der Waals surface area contributed by atoms with Crippen LogP contribution in [0.3, 0.4) is 0 Å². The van der Waals surface area contributed by atoms with E-state index in [1.165, 1.54) is 12.7 Å². The molecule has 0 fully saturated rings. The fourth-order valence-electron chi connectivity index (χ4n) is 2.18. The maximum atomic E-state index is 11.1. The molecule has 0 saturated carbocycles. The summed E-state index contributed by atoms with van der Waals surface area (Å²) in [6.45, 7) is 0. The molecule has 0 spiro atoms. The average molecular weight is 332 g/mol. The number of hydrogen-bond acceptors (Lipinski definition) is 6. The summed E-state index contributed by atoms with van der Waals surface area (Å²) in [6.07, 6.45) is 2.94. The van der Waals surface area contributed by atoms with Crippen LogP contribution in [-0.2, 0) is 14.1 Å². The van der Waals surface area contributed by atoms with E-state index in [0.29, 0.717) is 22.3 Å². The monoisotopic (exact) mass is 332 g/mol. The van der Waals surface area contributed by atoms with Crippen molar-refractivity contribution in [1.82, 2.24) is 39.0 Å². The van der Waals surface area contributed by atoms with Crippen LogP contribution in [0, 0.1) is 0 Å². The van der Waals surface area contributed by atoms with Crippen molar-refractivity contribution in [3.8, 4) is 0 Å². The number of H-pyrrole nitrogens is 4. The zero-order chi connectivity index (χ0) is 17.4. The highest BCUT2D eigenvalue weighted by molar-refractivity contribution is 5.69. The topological polar surface area (TPSA) is 167 Å². The predicted octanol–water partition coefficient (Wildman–Crippen LogP) is -2.10. The molecule has 4 rings (SSSR count). The zero-order valence-corrected chi connectivity index (χ0v) is 12.6. The third-order valence-electron chi connectivity index (χ3n) is 3.22. The smallest absolute Gasteiger partial charge is 0.327 e. The molecule has 12 nitrogen and oxygen atoms in total. The van der Waals surface area contributed by atoms with Gasteiger partial charge in [0.1, 0.15) is 0 Å². The fraction of sp³-hybridized carbons (Fsp3) is 0.167. The maximum Gasteiger partial charge on any atom is 0.327 e. The van der Waals surface area contributed by atoms with E-state index in [1.54, 1.807) is 23.2 Å². The van der Waals surface area contributed by atoms with Gasteiger partial charge < -0.3 is 9.13 Å². The summed E-state index contributed by atoms with van der Waals surface area (Å²) in [4.78, 5) is 60.5. The minimum atomic E-state index is -0.536. The Hall–Kier alpha value is -3.70. The molecule has 0 aliphatic carbocycles. The summed E-state index contributed by atoms with van der Waals surface area (Å²) in [7, 11) is 3.37. The first kappa shape index (κ1) is 15.2. The first-order chi connectivity index (χ1) is 11.4. The molecule has 0 radical (unpaired) electrons. The number of nitrogens with one attached hydrogen (secondary N) is 4. The van der Waals surface area contributed by atoms with Crippen LogP contribution in [0.5, 0.6) is 0 Å². The van der Waals surface area contributed by atoms with Crippen molar-refractivity contribution in [3.63, 3.8) is 0 Å². The van der Waals surface area contributed by atoms with Crippen LogP contribution < -0.4 is 22.5 Å². The highest BCUT2D eigenvalue weighted by Gasteiger charge is 2.05. The molecule has 4 aromatic rings. The second-order valence-electron chi connectivity index (χ2n) is 4.92. The summed E-state index contributed by atoms with van der Waals surface area (Å²) >= 11 is 0. The molecule has 0 bridgehead atoms. The van der Waals surface area contributed by atoms with Gasteiger partial charge in [0, 0.05) is 14.1 Å². The first-order valence-corrected chi connectivity index (χ1v) is 6.64. The number of fused-ring (bicyclic) bond motifs is 2. The lowest BCUT2D eigenvalue weighted by Crippen LogP contribution is -2.22. The van der Waals surface area contributed by atoms with E-state index >= 15 is 0 Å². The van der Waals surface area contributed by atoms with Crippen LogP contribution in [0.25, 0.3) is 22.3 Å². The number of aromatic nitrogens is 8. The summed E-state index contributed by atoms with van der Waals surface area (Å²) in [5.74, 6) is 0. The quantitative estimate of drug-likeness (QED) is 0.288. The highest BCUT2D eigenvalue weighted by atomic mass is 16.2. The van der Waals surface area contributed by atoms with Crippen LogP contribution in [-0.4, -0.2) is 39.0 Å². The van der Waals surface area contributed by atoms with E-state index in [0.717, 1.165) is 0 Å². The van der Waals surface area contributed by atoms with Crippen molar-refractivity contribution in [2.75, 3.05) is 0 Å². The maximum absolute atomic E-state index is 11.1. The normalized spacial score (nSPS) is 10.8. The van der Waals surface area contributed by atoms with Crippen LogP contribution in [0.1, 0.15) is 0 Å². The predicted molar refractivity (Wildman–Crippen MR) is 83.9 cm³/mol. The van der Waals surface area contributed by atoms with Crippen molar-refractivity contribution in [3.05, 3.63) is 54.3 Å². The van der Waals surface area contributed by atoms with Gasteiger partial charge in [-0.2, -0.15) is 0 Å². The molecule has 0 aliphatic heterocycles. The summed E-state index contributed by atoms with van der Waals surface area (Å²) in [5, 5.41) is 0. The van der Waals surface area contributed by atoms with Gasteiger partial charge in [0.25, 0.3) is 11.1 Å². The largest absolute Gasteiger partial charge is 0.328 e. The molecule has 124 valence electrons. The lowest BCUT2D eigenvalue weighted by Gasteiger charge is -1.89. The van der Waals surface area contributed by atoms with E-state index in [1.807, 2.05) is 0 Å². The van der Waals surface area contributed by atoms with Crippen molar-refractivity contribution < 1.29 is 0 Å². The SMILES string of the molecule is Cn1cnc2[nH]c(=O)[nH]c(=O)c21.Cn1cnc2[nH]c(=O)[nH]c(=O)c21. The molecule has 0 unspecified atom stereocenters. The van der Waals surface area contributed by atoms with E-state index < -0.39 is 22.5 Å².